The smallest absolute Gasteiger partial charge is 0.0888 e. The van der Waals surface area contributed by atoms with Crippen LogP contribution in [0.4, 0.5) is 0 Å². The topological polar surface area (TPSA) is 49.6 Å². The molecule has 2 aromatic rings. The third-order valence-electron chi connectivity index (χ3n) is 2.01. The number of rotatable bonds is 2. The maximum atomic E-state index is 8.56. The van der Waals surface area contributed by atoms with Crippen LogP contribution in [0, 0.1) is 11.3 Å². The Hall–Kier alpha value is -2.21. The molecule has 0 spiro atoms. The Balaban J connectivity index is 2.38. The SMILES string of the molecule is N#CCc1cncc(-c2ccccc2)n1. The summed E-state index contributed by atoms with van der Waals surface area (Å²) in [6.45, 7) is 0. The van der Waals surface area contributed by atoms with Crippen LogP contribution in [0.5, 0.6) is 0 Å². The monoisotopic (exact) mass is 195 g/mol. The van der Waals surface area contributed by atoms with Gasteiger partial charge in [0.2, 0.25) is 0 Å². The highest BCUT2D eigenvalue weighted by atomic mass is 14.8. The van der Waals surface area contributed by atoms with E-state index in [2.05, 4.69) is 16.0 Å². The van der Waals surface area contributed by atoms with Gasteiger partial charge in [-0.05, 0) is 0 Å². The second-order valence-electron chi connectivity index (χ2n) is 3.10. The summed E-state index contributed by atoms with van der Waals surface area (Å²) in [5.74, 6) is 0. The zero-order valence-corrected chi connectivity index (χ0v) is 8.09. The summed E-state index contributed by atoms with van der Waals surface area (Å²) < 4.78 is 0. The van der Waals surface area contributed by atoms with Crippen LogP contribution in [-0.4, -0.2) is 9.97 Å². The number of aromatic nitrogens is 2. The molecule has 0 bridgehead atoms. The zero-order valence-electron chi connectivity index (χ0n) is 8.09. The van der Waals surface area contributed by atoms with Crippen molar-refractivity contribution < 1.29 is 0 Å². The quantitative estimate of drug-likeness (QED) is 0.738. The average molecular weight is 195 g/mol. The molecule has 0 N–H and O–H groups in total. The Bertz CT molecular complexity index is 486. The number of benzene rings is 1. The van der Waals surface area contributed by atoms with E-state index in [0.29, 0.717) is 12.1 Å². The fourth-order valence-electron chi connectivity index (χ4n) is 1.32. The van der Waals surface area contributed by atoms with E-state index in [1.807, 2.05) is 30.3 Å². The van der Waals surface area contributed by atoms with Gasteiger partial charge >= 0.3 is 0 Å². The minimum Gasteiger partial charge on any atom is -0.261 e. The molecule has 0 saturated heterocycles. The second-order valence-corrected chi connectivity index (χ2v) is 3.10. The summed E-state index contributed by atoms with van der Waals surface area (Å²) in [5.41, 5.74) is 2.53. The van der Waals surface area contributed by atoms with E-state index in [9.17, 15) is 0 Å². The molecule has 0 aliphatic rings. The van der Waals surface area contributed by atoms with Crippen LogP contribution in [0.25, 0.3) is 11.3 Å². The van der Waals surface area contributed by atoms with E-state index in [1.54, 1.807) is 12.4 Å². The fourth-order valence-corrected chi connectivity index (χ4v) is 1.32. The summed E-state index contributed by atoms with van der Waals surface area (Å²) in [4.78, 5) is 8.41. The predicted octanol–water partition coefficient (Wildman–Crippen LogP) is 2.21. The zero-order chi connectivity index (χ0) is 10.5. The molecule has 1 aromatic heterocycles. The van der Waals surface area contributed by atoms with Crippen LogP contribution < -0.4 is 0 Å². The number of nitrogens with zero attached hydrogens (tertiary/aromatic N) is 3. The lowest BCUT2D eigenvalue weighted by atomic mass is 10.1. The lowest BCUT2D eigenvalue weighted by Gasteiger charge is -2.00. The van der Waals surface area contributed by atoms with Crippen molar-refractivity contribution in [1.29, 1.82) is 5.26 Å². The normalized spacial score (nSPS) is 9.53. The number of hydrogen-bond acceptors (Lipinski definition) is 3. The van der Waals surface area contributed by atoms with Crippen molar-refractivity contribution in [3.8, 4) is 17.3 Å². The molecular weight excluding hydrogens is 186 g/mol. The average Bonchev–Trinajstić information content (AvgIpc) is 2.31. The van der Waals surface area contributed by atoms with Gasteiger partial charge in [0.05, 0.1) is 30.1 Å². The van der Waals surface area contributed by atoms with Gasteiger partial charge in [-0.25, -0.2) is 4.98 Å². The number of hydrogen-bond donors (Lipinski definition) is 0. The Labute approximate surface area is 88.1 Å². The molecule has 0 atom stereocenters. The van der Waals surface area contributed by atoms with Gasteiger partial charge in [0, 0.05) is 11.8 Å². The van der Waals surface area contributed by atoms with Crippen molar-refractivity contribution in [2.24, 2.45) is 0 Å². The van der Waals surface area contributed by atoms with Gasteiger partial charge in [0.25, 0.3) is 0 Å². The van der Waals surface area contributed by atoms with E-state index in [-0.39, 0.29) is 0 Å². The van der Waals surface area contributed by atoms with Crippen LogP contribution in [0.15, 0.2) is 42.7 Å². The van der Waals surface area contributed by atoms with Gasteiger partial charge < -0.3 is 0 Å². The lowest BCUT2D eigenvalue weighted by molar-refractivity contribution is 1.07. The minimum absolute atomic E-state index is 0.299. The van der Waals surface area contributed by atoms with Crippen LogP contribution in [0.3, 0.4) is 0 Å². The van der Waals surface area contributed by atoms with Crippen LogP contribution in [-0.2, 0) is 6.42 Å². The van der Waals surface area contributed by atoms with Crippen LogP contribution in [0.1, 0.15) is 5.69 Å². The van der Waals surface area contributed by atoms with E-state index >= 15 is 0 Å². The van der Waals surface area contributed by atoms with Crippen molar-refractivity contribution >= 4 is 0 Å². The summed E-state index contributed by atoms with van der Waals surface area (Å²) >= 11 is 0. The third-order valence-corrected chi connectivity index (χ3v) is 2.01. The highest BCUT2D eigenvalue weighted by molar-refractivity contribution is 5.57. The molecule has 1 aromatic carbocycles. The van der Waals surface area contributed by atoms with Gasteiger partial charge in [0.1, 0.15) is 0 Å². The fraction of sp³-hybridized carbons (Fsp3) is 0.0833. The Morgan fingerprint density at radius 3 is 2.67 bits per heavy atom. The summed E-state index contributed by atoms with van der Waals surface area (Å²) in [6, 6.07) is 11.9. The van der Waals surface area contributed by atoms with Crippen molar-refractivity contribution in [1.82, 2.24) is 9.97 Å². The minimum atomic E-state index is 0.299. The maximum absolute atomic E-state index is 8.56. The molecule has 0 saturated carbocycles. The first kappa shape index (κ1) is 9.35. The lowest BCUT2D eigenvalue weighted by Crippen LogP contribution is -1.92. The van der Waals surface area contributed by atoms with Gasteiger partial charge in [-0.3, -0.25) is 4.98 Å². The van der Waals surface area contributed by atoms with Gasteiger partial charge in [-0.1, -0.05) is 30.3 Å². The Morgan fingerprint density at radius 1 is 1.13 bits per heavy atom. The molecule has 0 aliphatic heterocycles. The molecule has 0 unspecified atom stereocenters. The van der Waals surface area contributed by atoms with E-state index in [1.165, 1.54) is 0 Å². The Morgan fingerprint density at radius 2 is 1.93 bits per heavy atom. The highest BCUT2D eigenvalue weighted by Gasteiger charge is 2.00. The number of nitriles is 1. The first-order valence-electron chi connectivity index (χ1n) is 4.63. The van der Waals surface area contributed by atoms with Crippen LogP contribution >= 0.6 is 0 Å². The molecule has 15 heavy (non-hydrogen) atoms. The predicted molar refractivity (Wildman–Crippen MR) is 56.8 cm³/mol. The Kier molecular flexibility index (Phi) is 2.70. The first-order chi connectivity index (χ1) is 7.40. The molecule has 3 heteroatoms. The van der Waals surface area contributed by atoms with E-state index in [4.69, 9.17) is 5.26 Å². The van der Waals surface area contributed by atoms with E-state index < -0.39 is 0 Å². The molecule has 0 amide bonds. The van der Waals surface area contributed by atoms with Crippen molar-refractivity contribution in [3.05, 3.63) is 48.4 Å². The standard InChI is InChI=1S/C12H9N3/c13-7-6-11-8-14-9-12(15-11)10-4-2-1-3-5-10/h1-5,8-9H,6H2. The molecule has 0 radical (unpaired) electrons. The van der Waals surface area contributed by atoms with Crippen molar-refractivity contribution in [2.45, 2.75) is 6.42 Å². The molecule has 1 heterocycles. The highest BCUT2D eigenvalue weighted by Crippen LogP contribution is 2.15. The largest absolute Gasteiger partial charge is 0.261 e. The summed E-state index contributed by atoms with van der Waals surface area (Å²) in [7, 11) is 0. The molecule has 72 valence electrons. The van der Waals surface area contributed by atoms with E-state index in [0.717, 1.165) is 11.3 Å². The first-order valence-corrected chi connectivity index (χ1v) is 4.63. The van der Waals surface area contributed by atoms with Crippen molar-refractivity contribution in [2.75, 3.05) is 0 Å². The second kappa shape index (κ2) is 4.34. The third kappa shape index (κ3) is 2.18. The molecular formula is C12H9N3. The maximum Gasteiger partial charge on any atom is 0.0888 e. The van der Waals surface area contributed by atoms with Gasteiger partial charge in [0.15, 0.2) is 0 Å². The summed E-state index contributed by atoms with van der Waals surface area (Å²) in [6.07, 6.45) is 3.62. The van der Waals surface area contributed by atoms with Crippen molar-refractivity contribution in [3.63, 3.8) is 0 Å². The molecule has 3 nitrogen and oxygen atoms in total. The van der Waals surface area contributed by atoms with Gasteiger partial charge in [-0.15, -0.1) is 0 Å². The molecule has 2 rings (SSSR count). The van der Waals surface area contributed by atoms with Crippen LogP contribution in [0.2, 0.25) is 0 Å². The molecule has 0 fully saturated rings. The molecule has 0 aliphatic carbocycles. The summed E-state index contributed by atoms with van der Waals surface area (Å²) in [5, 5.41) is 8.56. The van der Waals surface area contributed by atoms with Gasteiger partial charge in [-0.2, -0.15) is 5.26 Å².